The van der Waals surface area contributed by atoms with Gasteiger partial charge in [-0.3, -0.25) is 23.4 Å². The number of hydrogen-bond acceptors (Lipinski definition) is 10. The van der Waals surface area contributed by atoms with Gasteiger partial charge in [-0.05, 0) is 116 Å². The summed E-state index contributed by atoms with van der Waals surface area (Å²) in [6.07, 6.45) is 66.8. The van der Waals surface area contributed by atoms with Crippen molar-refractivity contribution in [2.75, 3.05) is 26.4 Å². The van der Waals surface area contributed by atoms with Crippen LogP contribution in [0.3, 0.4) is 0 Å². The standard InChI is InChI=1S/C64H111O11P/c1-4-7-10-13-16-19-22-24-26-28-30-32-34-36-39-41-44-47-50-53-62(66)71-57-61(75-64(68)55-52-49-46-43-40-37-35-33-31-29-27-25-23-20-17-14-11-8-5-2)59-73-76(69,70)72-58-60(56-65)74-63(67)54-51-48-45-42-38-21-18-15-12-9-6-3/h15-20,24-27,30-33,60-61,65H,4-14,21-23,28-29,34-59H2,1-3H3,(H,69,70)/b18-15-,19-16-,20-17-,26-24-,27-25-,32-30-,33-31-. The van der Waals surface area contributed by atoms with Gasteiger partial charge in [0.2, 0.25) is 0 Å². The molecule has 2 N–H and O–H groups in total. The second kappa shape index (κ2) is 57.8. The van der Waals surface area contributed by atoms with E-state index in [4.69, 9.17) is 23.3 Å². The highest BCUT2D eigenvalue weighted by Gasteiger charge is 2.28. The van der Waals surface area contributed by atoms with Crippen LogP contribution >= 0.6 is 7.82 Å². The third kappa shape index (κ3) is 55.4. The summed E-state index contributed by atoms with van der Waals surface area (Å²) in [6.45, 7) is 4.52. The van der Waals surface area contributed by atoms with Crippen molar-refractivity contribution in [3.63, 3.8) is 0 Å². The van der Waals surface area contributed by atoms with Gasteiger partial charge in [-0.15, -0.1) is 0 Å². The molecule has 0 aromatic carbocycles. The summed E-state index contributed by atoms with van der Waals surface area (Å²) in [4.78, 5) is 48.6. The molecule has 0 amide bonds. The summed E-state index contributed by atoms with van der Waals surface area (Å²) in [7, 11) is -4.76. The minimum Gasteiger partial charge on any atom is -0.462 e. The molecule has 0 saturated heterocycles. The van der Waals surface area contributed by atoms with Gasteiger partial charge in [0.05, 0.1) is 19.8 Å². The van der Waals surface area contributed by atoms with Gasteiger partial charge >= 0.3 is 25.7 Å². The SMILES string of the molecule is CCCC/C=C\CCCCCCCC(=O)OC(CO)COP(=O)(O)OCC(COC(=O)CCCCCCCC/C=C\C/C=C\C/C=C\CCCCC)OC(=O)CCCCCCCC/C=C\C/C=C\C/C=C\CCCCC. The van der Waals surface area contributed by atoms with E-state index in [1.807, 2.05) is 0 Å². The highest BCUT2D eigenvalue weighted by atomic mass is 31.2. The average molecular weight is 1090 g/mol. The van der Waals surface area contributed by atoms with E-state index >= 15 is 0 Å². The number of aliphatic hydroxyl groups excluding tert-OH is 1. The molecule has 0 aliphatic carbocycles. The molecule has 438 valence electrons. The number of hydrogen-bond donors (Lipinski definition) is 2. The molecular formula is C64H111O11P. The molecule has 12 heteroatoms. The molecule has 0 radical (unpaired) electrons. The van der Waals surface area contributed by atoms with Gasteiger partial charge in [-0.2, -0.15) is 0 Å². The Balaban J connectivity index is 4.77. The number of aliphatic hydroxyl groups is 1. The summed E-state index contributed by atoms with van der Waals surface area (Å²) >= 11 is 0. The first-order valence-electron chi connectivity index (χ1n) is 30.5. The molecule has 0 heterocycles. The maximum absolute atomic E-state index is 12.9. The van der Waals surface area contributed by atoms with E-state index in [-0.39, 0.29) is 25.9 Å². The molecule has 0 spiro atoms. The number of phosphoric ester groups is 1. The Hall–Kier alpha value is -3.34. The van der Waals surface area contributed by atoms with Gasteiger partial charge in [0.1, 0.15) is 12.7 Å². The van der Waals surface area contributed by atoms with Gasteiger partial charge < -0.3 is 24.2 Å². The Morgan fingerprint density at radius 1 is 0.368 bits per heavy atom. The maximum atomic E-state index is 12.9. The van der Waals surface area contributed by atoms with Crippen LogP contribution in [0.15, 0.2) is 85.1 Å². The monoisotopic (exact) mass is 1090 g/mol. The van der Waals surface area contributed by atoms with E-state index in [1.54, 1.807) is 0 Å². The first kappa shape index (κ1) is 72.7. The molecule has 0 aromatic heterocycles. The molecule has 3 unspecified atom stereocenters. The van der Waals surface area contributed by atoms with Crippen molar-refractivity contribution in [1.29, 1.82) is 0 Å². The lowest BCUT2D eigenvalue weighted by atomic mass is 10.1. The zero-order valence-electron chi connectivity index (χ0n) is 48.5. The molecule has 0 fully saturated rings. The van der Waals surface area contributed by atoms with E-state index in [1.165, 1.54) is 64.2 Å². The zero-order chi connectivity index (χ0) is 55.5. The number of allylic oxidation sites excluding steroid dienone is 14. The molecule has 0 bridgehead atoms. The number of esters is 3. The summed E-state index contributed by atoms with van der Waals surface area (Å²) in [5, 5.41) is 9.81. The highest BCUT2D eigenvalue weighted by molar-refractivity contribution is 7.47. The van der Waals surface area contributed by atoms with Crippen LogP contribution in [-0.2, 0) is 42.2 Å². The number of unbranched alkanes of at least 4 members (excludes halogenated alkanes) is 25. The van der Waals surface area contributed by atoms with Crippen LogP contribution < -0.4 is 0 Å². The topological polar surface area (TPSA) is 155 Å². The van der Waals surface area contributed by atoms with Crippen LogP contribution in [-0.4, -0.2) is 66.5 Å². The zero-order valence-corrected chi connectivity index (χ0v) is 49.3. The molecule has 0 aromatic rings. The lowest BCUT2D eigenvalue weighted by Gasteiger charge is -2.21. The quantitative estimate of drug-likeness (QED) is 0.0197. The molecule has 0 aliphatic heterocycles. The average Bonchev–Trinajstić information content (AvgIpc) is 3.41. The smallest absolute Gasteiger partial charge is 0.462 e. The number of carbonyl (C=O) groups excluding carboxylic acids is 3. The predicted molar refractivity (Wildman–Crippen MR) is 316 cm³/mol. The summed E-state index contributed by atoms with van der Waals surface area (Å²) < 4.78 is 39.5. The van der Waals surface area contributed by atoms with Crippen LogP contribution in [0.25, 0.3) is 0 Å². The fourth-order valence-corrected chi connectivity index (χ4v) is 8.84. The van der Waals surface area contributed by atoms with E-state index in [2.05, 4.69) is 106 Å². The van der Waals surface area contributed by atoms with E-state index in [9.17, 15) is 28.9 Å². The third-order valence-corrected chi connectivity index (χ3v) is 13.7. The Morgan fingerprint density at radius 2 is 0.658 bits per heavy atom. The van der Waals surface area contributed by atoms with Crippen LogP contribution in [0.1, 0.15) is 265 Å². The number of carbonyl (C=O) groups is 3. The fourth-order valence-electron chi connectivity index (χ4n) is 8.06. The van der Waals surface area contributed by atoms with Crippen molar-refractivity contribution in [2.45, 2.75) is 277 Å². The first-order chi connectivity index (χ1) is 37.2. The molecule has 76 heavy (non-hydrogen) atoms. The molecule has 0 saturated carbocycles. The lowest BCUT2D eigenvalue weighted by molar-refractivity contribution is -0.161. The van der Waals surface area contributed by atoms with Gasteiger partial charge in [0.15, 0.2) is 6.10 Å². The van der Waals surface area contributed by atoms with Crippen LogP contribution in [0.2, 0.25) is 0 Å². The molecule has 3 atom stereocenters. The van der Waals surface area contributed by atoms with Crippen LogP contribution in [0.4, 0.5) is 0 Å². The molecule has 11 nitrogen and oxygen atoms in total. The fraction of sp³-hybridized carbons (Fsp3) is 0.734. The number of phosphoric acid groups is 1. The van der Waals surface area contributed by atoms with Crippen molar-refractivity contribution in [3.8, 4) is 0 Å². The van der Waals surface area contributed by atoms with E-state index < -0.39 is 57.8 Å². The summed E-state index contributed by atoms with van der Waals surface area (Å²) in [6, 6.07) is 0. The highest BCUT2D eigenvalue weighted by Crippen LogP contribution is 2.43. The number of ether oxygens (including phenoxy) is 3. The second-order valence-electron chi connectivity index (χ2n) is 20.2. The normalized spacial score (nSPS) is 13.9. The Kier molecular flexibility index (Phi) is 55.3. The van der Waals surface area contributed by atoms with Crippen molar-refractivity contribution < 1.29 is 52.2 Å². The van der Waals surface area contributed by atoms with Crippen molar-refractivity contribution in [1.82, 2.24) is 0 Å². The Bertz CT molecular complexity index is 1600. The molecular weight excluding hydrogens is 976 g/mol. The summed E-state index contributed by atoms with van der Waals surface area (Å²) in [5.74, 6) is -1.50. The predicted octanol–water partition coefficient (Wildman–Crippen LogP) is 18.3. The largest absolute Gasteiger partial charge is 0.472 e. The lowest BCUT2D eigenvalue weighted by Crippen LogP contribution is -2.30. The third-order valence-electron chi connectivity index (χ3n) is 12.8. The number of rotatable bonds is 56. The van der Waals surface area contributed by atoms with Crippen molar-refractivity contribution >= 4 is 25.7 Å². The first-order valence-corrected chi connectivity index (χ1v) is 32.0. The molecule has 0 aliphatic rings. The minimum absolute atomic E-state index is 0.147. The molecule has 0 rings (SSSR count). The van der Waals surface area contributed by atoms with Gasteiger partial charge in [-0.1, -0.05) is 215 Å². The van der Waals surface area contributed by atoms with Crippen LogP contribution in [0.5, 0.6) is 0 Å². The minimum atomic E-state index is -4.76. The maximum Gasteiger partial charge on any atom is 0.472 e. The van der Waals surface area contributed by atoms with E-state index in [0.29, 0.717) is 19.3 Å². The second-order valence-corrected chi connectivity index (χ2v) is 21.6. The Labute approximate surface area is 464 Å². The van der Waals surface area contributed by atoms with E-state index in [0.717, 1.165) is 141 Å². The van der Waals surface area contributed by atoms with Crippen molar-refractivity contribution in [3.05, 3.63) is 85.1 Å². The summed E-state index contributed by atoms with van der Waals surface area (Å²) in [5.41, 5.74) is 0. The Morgan fingerprint density at radius 3 is 1.04 bits per heavy atom. The van der Waals surface area contributed by atoms with Crippen LogP contribution in [0, 0.1) is 0 Å². The van der Waals surface area contributed by atoms with Gasteiger partial charge in [-0.25, -0.2) is 4.57 Å². The van der Waals surface area contributed by atoms with Gasteiger partial charge in [0, 0.05) is 19.3 Å². The van der Waals surface area contributed by atoms with Gasteiger partial charge in [0.25, 0.3) is 0 Å². The van der Waals surface area contributed by atoms with Crippen molar-refractivity contribution in [2.24, 2.45) is 0 Å².